The van der Waals surface area contributed by atoms with Crippen LogP contribution in [0.2, 0.25) is 0 Å². The van der Waals surface area contributed by atoms with E-state index in [1.54, 1.807) is 0 Å². The average Bonchev–Trinajstić information content (AvgIpc) is 2.73. The summed E-state index contributed by atoms with van der Waals surface area (Å²) in [5.74, 6) is 0.0991. The Labute approximate surface area is 103 Å². The lowest BCUT2D eigenvalue weighted by molar-refractivity contribution is -0.120. The number of carbonyl (C=O) groups is 1. The minimum absolute atomic E-state index is 0.0991. The molecule has 0 atom stereocenters. The van der Waals surface area contributed by atoms with Crippen LogP contribution in [0.4, 0.5) is 0 Å². The van der Waals surface area contributed by atoms with Gasteiger partial charge in [0.2, 0.25) is 5.91 Å². The second kappa shape index (κ2) is 7.84. The number of amides is 1. The third-order valence-electron chi connectivity index (χ3n) is 2.45. The predicted octanol–water partition coefficient (Wildman–Crippen LogP) is 0.909. The monoisotopic (exact) mass is 238 g/mol. The summed E-state index contributed by atoms with van der Waals surface area (Å²) in [5.41, 5.74) is 1.17. The molecule has 0 aromatic carbocycles. The Morgan fingerprint density at radius 1 is 1.47 bits per heavy atom. The maximum Gasteiger partial charge on any atom is 0.221 e. The minimum Gasteiger partial charge on any atom is -0.356 e. The van der Waals surface area contributed by atoms with Gasteiger partial charge in [-0.05, 0) is 19.4 Å². The maximum absolute atomic E-state index is 11.2. The summed E-state index contributed by atoms with van der Waals surface area (Å²) < 4.78 is 2.00. The molecule has 1 amide bonds. The standard InChI is InChI=1S/C12H22N4O/c1-3-9-16-11(5-8-15-16)10-13-7-6-12(17)14-4-2/h5,8,13H,3-4,6-7,9-10H2,1-2H3,(H,14,17). The van der Waals surface area contributed by atoms with Gasteiger partial charge < -0.3 is 10.6 Å². The van der Waals surface area contributed by atoms with Crippen LogP contribution in [-0.4, -0.2) is 28.8 Å². The lowest BCUT2D eigenvalue weighted by Crippen LogP contribution is -2.27. The lowest BCUT2D eigenvalue weighted by Gasteiger charge is -2.07. The van der Waals surface area contributed by atoms with Crippen molar-refractivity contribution in [3.63, 3.8) is 0 Å². The van der Waals surface area contributed by atoms with Crippen molar-refractivity contribution in [2.24, 2.45) is 0 Å². The van der Waals surface area contributed by atoms with Crippen LogP contribution < -0.4 is 10.6 Å². The van der Waals surface area contributed by atoms with Gasteiger partial charge in [0.25, 0.3) is 0 Å². The van der Waals surface area contributed by atoms with Crippen molar-refractivity contribution < 1.29 is 4.79 Å². The second-order valence-corrected chi connectivity index (χ2v) is 3.93. The second-order valence-electron chi connectivity index (χ2n) is 3.93. The summed E-state index contributed by atoms with van der Waals surface area (Å²) in [6, 6.07) is 2.01. The number of hydrogen-bond acceptors (Lipinski definition) is 3. The van der Waals surface area contributed by atoms with Gasteiger partial charge in [-0.15, -0.1) is 0 Å². The fourth-order valence-electron chi connectivity index (χ4n) is 1.63. The van der Waals surface area contributed by atoms with Crippen LogP contribution >= 0.6 is 0 Å². The van der Waals surface area contributed by atoms with Crippen LogP contribution in [0.3, 0.4) is 0 Å². The van der Waals surface area contributed by atoms with Crippen molar-refractivity contribution in [2.75, 3.05) is 13.1 Å². The fraction of sp³-hybridized carbons (Fsp3) is 0.667. The van der Waals surface area contributed by atoms with E-state index in [0.29, 0.717) is 19.5 Å². The van der Waals surface area contributed by atoms with Crippen molar-refractivity contribution in [2.45, 2.75) is 39.8 Å². The van der Waals surface area contributed by atoms with Crippen molar-refractivity contribution in [1.29, 1.82) is 0 Å². The average molecular weight is 238 g/mol. The smallest absolute Gasteiger partial charge is 0.221 e. The third-order valence-corrected chi connectivity index (χ3v) is 2.45. The fourth-order valence-corrected chi connectivity index (χ4v) is 1.63. The number of aromatic nitrogens is 2. The van der Waals surface area contributed by atoms with Crippen LogP contribution in [0.25, 0.3) is 0 Å². The highest BCUT2D eigenvalue weighted by Crippen LogP contribution is 1.99. The SMILES string of the molecule is CCCn1nccc1CNCCC(=O)NCC. The molecule has 0 radical (unpaired) electrons. The first-order valence-electron chi connectivity index (χ1n) is 6.26. The van der Waals surface area contributed by atoms with Crippen molar-refractivity contribution in [3.8, 4) is 0 Å². The molecule has 0 fully saturated rings. The van der Waals surface area contributed by atoms with E-state index < -0.39 is 0 Å². The Kier molecular flexibility index (Phi) is 6.32. The van der Waals surface area contributed by atoms with Gasteiger partial charge in [-0.2, -0.15) is 5.10 Å². The van der Waals surface area contributed by atoms with Gasteiger partial charge in [-0.3, -0.25) is 9.48 Å². The minimum atomic E-state index is 0.0991. The van der Waals surface area contributed by atoms with Crippen molar-refractivity contribution in [1.82, 2.24) is 20.4 Å². The molecule has 2 N–H and O–H groups in total. The number of rotatable bonds is 8. The van der Waals surface area contributed by atoms with Crippen LogP contribution in [0.15, 0.2) is 12.3 Å². The summed E-state index contributed by atoms with van der Waals surface area (Å²) in [6.07, 6.45) is 3.42. The summed E-state index contributed by atoms with van der Waals surface area (Å²) in [6.45, 7) is 7.16. The van der Waals surface area contributed by atoms with Gasteiger partial charge in [0, 0.05) is 38.8 Å². The van der Waals surface area contributed by atoms with Crippen molar-refractivity contribution >= 4 is 5.91 Å². The molecule has 5 heteroatoms. The number of aryl methyl sites for hydroxylation is 1. The molecule has 17 heavy (non-hydrogen) atoms. The molecule has 5 nitrogen and oxygen atoms in total. The van der Waals surface area contributed by atoms with E-state index in [1.165, 1.54) is 5.69 Å². The zero-order chi connectivity index (χ0) is 12.5. The van der Waals surface area contributed by atoms with E-state index in [4.69, 9.17) is 0 Å². The topological polar surface area (TPSA) is 59.0 Å². The van der Waals surface area contributed by atoms with E-state index >= 15 is 0 Å². The first kappa shape index (κ1) is 13.7. The van der Waals surface area contributed by atoms with E-state index in [2.05, 4.69) is 22.7 Å². The quantitative estimate of drug-likeness (QED) is 0.662. The molecule has 1 aromatic rings. The molecule has 0 aliphatic rings. The van der Waals surface area contributed by atoms with E-state index in [9.17, 15) is 4.79 Å². The molecular weight excluding hydrogens is 216 g/mol. The summed E-state index contributed by atoms with van der Waals surface area (Å²) in [7, 11) is 0. The van der Waals surface area contributed by atoms with E-state index in [1.807, 2.05) is 23.9 Å². The highest BCUT2D eigenvalue weighted by Gasteiger charge is 2.02. The Balaban J connectivity index is 2.21. The largest absolute Gasteiger partial charge is 0.356 e. The first-order chi connectivity index (χ1) is 8.27. The molecule has 0 spiro atoms. The summed E-state index contributed by atoms with van der Waals surface area (Å²) >= 11 is 0. The highest BCUT2D eigenvalue weighted by molar-refractivity contribution is 5.75. The number of nitrogens with one attached hydrogen (secondary N) is 2. The van der Waals surface area contributed by atoms with Gasteiger partial charge in [-0.1, -0.05) is 6.92 Å². The van der Waals surface area contributed by atoms with Gasteiger partial charge in [0.05, 0.1) is 5.69 Å². The Morgan fingerprint density at radius 2 is 2.29 bits per heavy atom. The molecular formula is C12H22N4O. The third kappa shape index (κ3) is 4.99. The van der Waals surface area contributed by atoms with Crippen LogP contribution in [0.1, 0.15) is 32.4 Å². The van der Waals surface area contributed by atoms with Crippen molar-refractivity contribution in [3.05, 3.63) is 18.0 Å². The van der Waals surface area contributed by atoms with Crippen LogP contribution in [-0.2, 0) is 17.9 Å². The number of carbonyl (C=O) groups excluding carboxylic acids is 1. The Hall–Kier alpha value is -1.36. The van der Waals surface area contributed by atoms with Crippen LogP contribution in [0, 0.1) is 0 Å². The van der Waals surface area contributed by atoms with Gasteiger partial charge in [0.1, 0.15) is 0 Å². The first-order valence-corrected chi connectivity index (χ1v) is 6.26. The molecule has 0 unspecified atom stereocenters. The van der Waals surface area contributed by atoms with E-state index in [0.717, 1.165) is 19.5 Å². The van der Waals surface area contributed by atoms with E-state index in [-0.39, 0.29) is 5.91 Å². The maximum atomic E-state index is 11.2. The molecule has 1 heterocycles. The molecule has 0 aliphatic heterocycles. The van der Waals surface area contributed by atoms with Gasteiger partial charge >= 0.3 is 0 Å². The summed E-state index contributed by atoms with van der Waals surface area (Å²) in [5, 5.41) is 10.3. The molecule has 0 saturated carbocycles. The predicted molar refractivity (Wildman–Crippen MR) is 67.5 cm³/mol. The Morgan fingerprint density at radius 3 is 3.00 bits per heavy atom. The zero-order valence-electron chi connectivity index (χ0n) is 10.7. The molecule has 0 aliphatic carbocycles. The normalized spacial score (nSPS) is 10.5. The molecule has 96 valence electrons. The molecule has 1 aromatic heterocycles. The summed E-state index contributed by atoms with van der Waals surface area (Å²) in [4.78, 5) is 11.2. The number of nitrogens with zero attached hydrogens (tertiary/aromatic N) is 2. The Bertz CT molecular complexity index is 335. The zero-order valence-corrected chi connectivity index (χ0v) is 10.7. The van der Waals surface area contributed by atoms with Gasteiger partial charge in [0.15, 0.2) is 0 Å². The number of hydrogen-bond donors (Lipinski definition) is 2. The lowest BCUT2D eigenvalue weighted by atomic mass is 10.3. The highest BCUT2D eigenvalue weighted by atomic mass is 16.1. The molecule has 1 rings (SSSR count). The van der Waals surface area contributed by atoms with Gasteiger partial charge in [-0.25, -0.2) is 0 Å². The molecule has 0 saturated heterocycles. The van der Waals surface area contributed by atoms with Crippen LogP contribution in [0.5, 0.6) is 0 Å². The molecule has 0 bridgehead atoms.